The third-order valence-corrected chi connectivity index (χ3v) is 2.61. The van der Waals surface area contributed by atoms with E-state index < -0.39 is 0 Å². The van der Waals surface area contributed by atoms with Gasteiger partial charge in [0, 0.05) is 0 Å². The van der Waals surface area contributed by atoms with E-state index in [1.54, 1.807) is 0 Å². The highest BCUT2D eigenvalue weighted by molar-refractivity contribution is 5.08. The van der Waals surface area contributed by atoms with Gasteiger partial charge in [-0.15, -0.1) is 0 Å². The highest BCUT2D eigenvalue weighted by Crippen LogP contribution is 2.42. The summed E-state index contributed by atoms with van der Waals surface area (Å²) in [6.45, 7) is 2.37. The van der Waals surface area contributed by atoms with Gasteiger partial charge in [-0.2, -0.15) is 0 Å². The van der Waals surface area contributed by atoms with Crippen molar-refractivity contribution < 1.29 is 0 Å². The Morgan fingerprint density at radius 1 is 1.25 bits per heavy atom. The van der Waals surface area contributed by atoms with E-state index in [2.05, 4.69) is 19.1 Å². The summed E-state index contributed by atoms with van der Waals surface area (Å²) >= 11 is 0. The highest BCUT2D eigenvalue weighted by atomic mass is 14.4. The van der Waals surface area contributed by atoms with Crippen LogP contribution in [0.5, 0.6) is 0 Å². The standard InChI is InChI=1S/C8H12/c1-6-4-7-2-3-8(6)5-7/h2-3,6-8H,4-5H2,1H3/t6-,7+,8-/m0/s1. The van der Waals surface area contributed by atoms with Gasteiger partial charge in [-0.3, -0.25) is 0 Å². The van der Waals surface area contributed by atoms with Crippen LogP contribution in [0.4, 0.5) is 0 Å². The van der Waals surface area contributed by atoms with Crippen molar-refractivity contribution >= 4 is 0 Å². The zero-order chi connectivity index (χ0) is 5.56. The lowest BCUT2D eigenvalue weighted by atomic mass is 9.96. The van der Waals surface area contributed by atoms with Crippen molar-refractivity contribution in [3.8, 4) is 0 Å². The Morgan fingerprint density at radius 2 is 2.12 bits per heavy atom. The molecule has 8 heavy (non-hydrogen) atoms. The normalized spacial score (nSPS) is 50.9. The molecule has 0 N–H and O–H groups in total. The van der Waals surface area contributed by atoms with Crippen LogP contribution in [0.3, 0.4) is 0 Å². The molecule has 0 saturated heterocycles. The smallest absolute Gasteiger partial charge is 0.0202 e. The van der Waals surface area contributed by atoms with E-state index >= 15 is 0 Å². The minimum absolute atomic E-state index is 0.958. The highest BCUT2D eigenvalue weighted by Gasteiger charge is 2.32. The van der Waals surface area contributed by atoms with Crippen LogP contribution in [-0.4, -0.2) is 0 Å². The summed E-state index contributed by atoms with van der Waals surface area (Å²) in [6.07, 6.45) is 7.71. The van der Waals surface area contributed by atoms with E-state index in [0.29, 0.717) is 0 Å². The maximum atomic E-state index is 2.40. The second kappa shape index (κ2) is 1.37. The average Bonchev–Trinajstić information content (AvgIpc) is 2.23. The van der Waals surface area contributed by atoms with Gasteiger partial charge in [0.05, 0.1) is 0 Å². The molecule has 44 valence electrons. The zero-order valence-electron chi connectivity index (χ0n) is 5.30. The van der Waals surface area contributed by atoms with Crippen molar-refractivity contribution in [1.29, 1.82) is 0 Å². The molecular weight excluding hydrogens is 96.1 g/mol. The van der Waals surface area contributed by atoms with Gasteiger partial charge in [-0.1, -0.05) is 19.1 Å². The largest absolute Gasteiger partial charge is 0.0851 e. The van der Waals surface area contributed by atoms with E-state index in [0.717, 1.165) is 17.8 Å². The van der Waals surface area contributed by atoms with Crippen LogP contribution in [-0.2, 0) is 0 Å². The molecule has 2 rings (SSSR count). The Hall–Kier alpha value is -0.260. The molecular formula is C8H12. The first-order valence-corrected chi connectivity index (χ1v) is 3.54. The van der Waals surface area contributed by atoms with Crippen molar-refractivity contribution in [3.05, 3.63) is 12.2 Å². The summed E-state index contributed by atoms with van der Waals surface area (Å²) in [7, 11) is 0. The van der Waals surface area contributed by atoms with Gasteiger partial charge in [-0.25, -0.2) is 0 Å². The number of hydrogen-bond donors (Lipinski definition) is 0. The predicted octanol–water partition coefficient (Wildman–Crippen LogP) is 2.22. The van der Waals surface area contributed by atoms with Gasteiger partial charge in [0.15, 0.2) is 0 Å². The van der Waals surface area contributed by atoms with Gasteiger partial charge >= 0.3 is 0 Å². The molecule has 0 nitrogen and oxygen atoms in total. The van der Waals surface area contributed by atoms with Gasteiger partial charge < -0.3 is 0 Å². The maximum absolute atomic E-state index is 2.40. The molecule has 2 aliphatic rings. The van der Waals surface area contributed by atoms with E-state index in [1.807, 2.05) is 0 Å². The van der Waals surface area contributed by atoms with E-state index in [1.165, 1.54) is 12.8 Å². The third-order valence-electron chi connectivity index (χ3n) is 2.61. The average molecular weight is 108 g/mol. The molecule has 1 saturated carbocycles. The van der Waals surface area contributed by atoms with Gasteiger partial charge in [-0.05, 0) is 30.6 Å². The van der Waals surface area contributed by atoms with Gasteiger partial charge in [0.1, 0.15) is 0 Å². The van der Waals surface area contributed by atoms with Crippen molar-refractivity contribution in [2.24, 2.45) is 17.8 Å². The fraction of sp³-hybridized carbons (Fsp3) is 0.750. The monoisotopic (exact) mass is 108 g/mol. The van der Waals surface area contributed by atoms with E-state index in [-0.39, 0.29) is 0 Å². The molecule has 0 aromatic rings. The van der Waals surface area contributed by atoms with Crippen LogP contribution >= 0.6 is 0 Å². The summed E-state index contributed by atoms with van der Waals surface area (Å²) in [5, 5.41) is 0. The third kappa shape index (κ3) is 0.460. The minimum atomic E-state index is 0.958. The van der Waals surface area contributed by atoms with Crippen LogP contribution < -0.4 is 0 Å². The second-order valence-corrected chi connectivity index (χ2v) is 3.26. The van der Waals surface area contributed by atoms with Crippen LogP contribution in [0.1, 0.15) is 19.8 Å². The molecule has 0 aliphatic heterocycles. The first-order valence-electron chi connectivity index (χ1n) is 3.54. The second-order valence-electron chi connectivity index (χ2n) is 3.26. The molecule has 0 aromatic heterocycles. The molecule has 0 amide bonds. The molecule has 3 atom stereocenters. The molecule has 2 aliphatic carbocycles. The first-order chi connectivity index (χ1) is 3.86. The summed E-state index contributed by atoms with van der Waals surface area (Å²) in [5.74, 6) is 2.92. The Balaban J connectivity index is 2.23. The lowest BCUT2D eigenvalue weighted by Gasteiger charge is -2.09. The van der Waals surface area contributed by atoms with Crippen LogP contribution in [0.15, 0.2) is 12.2 Å². The predicted molar refractivity (Wildman–Crippen MR) is 34.5 cm³/mol. The minimum Gasteiger partial charge on any atom is -0.0851 e. The fourth-order valence-electron chi connectivity index (χ4n) is 2.06. The maximum Gasteiger partial charge on any atom is -0.0202 e. The van der Waals surface area contributed by atoms with Crippen molar-refractivity contribution in [2.75, 3.05) is 0 Å². The Bertz CT molecular complexity index is 124. The van der Waals surface area contributed by atoms with Crippen LogP contribution in [0.2, 0.25) is 0 Å². The van der Waals surface area contributed by atoms with Crippen LogP contribution in [0.25, 0.3) is 0 Å². The zero-order valence-corrected chi connectivity index (χ0v) is 5.30. The Labute approximate surface area is 50.6 Å². The molecule has 0 heteroatoms. The summed E-state index contributed by atoms with van der Waals surface area (Å²) in [5.41, 5.74) is 0. The number of allylic oxidation sites excluding steroid dienone is 2. The van der Waals surface area contributed by atoms with Gasteiger partial charge in [0.2, 0.25) is 0 Å². The lowest BCUT2D eigenvalue weighted by Crippen LogP contribution is -1.99. The number of fused-ring (bicyclic) bond motifs is 2. The molecule has 0 unspecified atom stereocenters. The van der Waals surface area contributed by atoms with Gasteiger partial charge in [0.25, 0.3) is 0 Å². The van der Waals surface area contributed by atoms with Crippen molar-refractivity contribution in [1.82, 2.24) is 0 Å². The quantitative estimate of drug-likeness (QED) is 0.417. The first kappa shape index (κ1) is 4.60. The SMILES string of the molecule is C[C@H]1C[C@H]2C=C[C@H]1C2. The molecule has 0 spiro atoms. The summed E-state index contributed by atoms with van der Waals surface area (Å²) < 4.78 is 0. The number of rotatable bonds is 0. The van der Waals surface area contributed by atoms with E-state index in [9.17, 15) is 0 Å². The molecule has 2 bridgehead atoms. The summed E-state index contributed by atoms with van der Waals surface area (Å²) in [6, 6.07) is 0. The van der Waals surface area contributed by atoms with E-state index in [4.69, 9.17) is 0 Å². The fourth-order valence-corrected chi connectivity index (χ4v) is 2.06. The molecule has 0 radical (unpaired) electrons. The molecule has 0 aromatic carbocycles. The number of hydrogen-bond acceptors (Lipinski definition) is 0. The molecule has 0 heterocycles. The topological polar surface area (TPSA) is 0 Å². The Kier molecular flexibility index (Phi) is 0.787. The molecule has 1 fully saturated rings. The van der Waals surface area contributed by atoms with Crippen LogP contribution in [0, 0.1) is 17.8 Å². The van der Waals surface area contributed by atoms with Crippen molar-refractivity contribution in [2.45, 2.75) is 19.8 Å². The Morgan fingerprint density at radius 3 is 2.38 bits per heavy atom. The van der Waals surface area contributed by atoms with Crippen molar-refractivity contribution in [3.63, 3.8) is 0 Å². The lowest BCUT2D eigenvalue weighted by molar-refractivity contribution is 0.493. The summed E-state index contributed by atoms with van der Waals surface area (Å²) in [4.78, 5) is 0.